The van der Waals surface area contributed by atoms with Gasteiger partial charge in [0, 0.05) is 25.7 Å². The predicted octanol–water partition coefficient (Wildman–Crippen LogP) is 2.89. The topological polar surface area (TPSA) is 38.5 Å². The van der Waals surface area contributed by atoms with Gasteiger partial charge in [-0.3, -0.25) is 4.90 Å². The number of aryl methyl sites for hydroxylation is 1. The van der Waals surface area contributed by atoms with Gasteiger partial charge in [0.05, 0.1) is 6.10 Å². The van der Waals surface area contributed by atoms with Gasteiger partial charge in [0.1, 0.15) is 0 Å². The van der Waals surface area contributed by atoms with Crippen LogP contribution in [0.5, 0.6) is 0 Å². The third kappa shape index (κ3) is 4.05. The maximum atomic E-state index is 5.87. The maximum Gasteiger partial charge on any atom is 0.0599 e. The summed E-state index contributed by atoms with van der Waals surface area (Å²) in [5.74, 6) is 0. The molecule has 2 rings (SSSR count). The molecule has 1 aliphatic rings. The van der Waals surface area contributed by atoms with Gasteiger partial charge in [-0.25, -0.2) is 0 Å². The number of nitrogens with zero attached hydrogens (tertiary/aromatic N) is 1. The molecular formula is C17H28N2O. The SMILES string of the molecule is Cc1ccccc1C(C)N1CCC(OCCCN)CC1. The van der Waals surface area contributed by atoms with Crippen molar-refractivity contribution in [2.45, 2.75) is 45.3 Å². The highest BCUT2D eigenvalue weighted by molar-refractivity contribution is 5.28. The van der Waals surface area contributed by atoms with Crippen LogP contribution >= 0.6 is 0 Å². The highest BCUT2D eigenvalue weighted by Crippen LogP contribution is 2.27. The third-order valence-corrected chi connectivity index (χ3v) is 4.36. The van der Waals surface area contributed by atoms with E-state index >= 15 is 0 Å². The zero-order valence-corrected chi connectivity index (χ0v) is 12.8. The quantitative estimate of drug-likeness (QED) is 0.812. The van der Waals surface area contributed by atoms with E-state index in [-0.39, 0.29) is 0 Å². The smallest absolute Gasteiger partial charge is 0.0599 e. The number of piperidine rings is 1. The first kappa shape index (κ1) is 15.5. The van der Waals surface area contributed by atoms with Crippen LogP contribution in [0.1, 0.15) is 43.4 Å². The van der Waals surface area contributed by atoms with Gasteiger partial charge in [0.15, 0.2) is 0 Å². The second-order valence-electron chi connectivity index (χ2n) is 5.78. The molecule has 0 spiro atoms. The molecule has 1 aromatic carbocycles. The lowest BCUT2D eigenvalue weighted by atomic mass is 9.98. The Bertz CT molecular complexity index is 400. The molecular weight excluding hydrogens is 248 g/mol. The summed E-state index contributed by atoms with van der Waals surface area (Å²) in [4.78, 5) is 2.57. The minimum absolute atomic E-state index is 0.432. The lowest BCUT2D eigenvalue weighted by molar-refractivity contribution is -0.000795. The Kier molecular flexibility index (Phi) is 6.02. The van der Waals surface area contributed by atoms with E-state index in [4.69, 9.17) is 10.5 Å². The van der Waals surface area contributed by atoms with Gasteiger partial charge in [-0.1, -0.05) is 24.3 Å². The number of hydrogen-bond acceptors (Lipinski definition) is 3. The van der Waals surface area contributed by atoms with Crippen LogP contribution in [0.15, 0.2) is 24.3 Å². The predicted molar refractivity (Wildman–Crippen MR) is 83.8 cm³/mol. The Morgan fingerprint density at radius 1 is 1.30 bits per heavy atom. The largest absolute Gasteiger partial charge is 0.378 e. The Labute approximate surface area is 123 Å². The molecule has 0 bridgehead atoms. The second kappa shape index (κ2) is 7.77. The number of ether oxygens (including phenoxy) is 1. The fourth-order valence-electron chi connectivity index (χ4n) is 3.02. The highest BCUT2D eigenvalue weighted by atomic mass is 16.5. The van der Waals surface area contributed by atoms with Crippen molar-refractivity contribution in [2.75, 3.05) is 26.2 Å². The van der Waals surface area contributed by atoms with Crippen LogP contribution < -0.4 is 5.73 Å². The average molecular weight is 276 g/mol. The minimum Gasteiger partial charge on any atom is -0.378 e. The van der Waals surface area contributed by atoms with Crippen LogP contribution in [-0.2, 0) is 4.74 Å². The molecule has 20 heavy (non-hydrogen) atoms. The van der Waals surface area contributed by atoms with Gasteiger partial charge >= 0.3 is 0 Å². The molecule has 112 valence electrons. The van der Waals surface area contributed by atoms with E-state index in [1.165, 1.54) is 11.1 Å². The van der Waals surface area contributed by atoms with Crippen LogP contribution in [0.3, 0.4) is 0 Å². The molecule has 3 nitrogen and oxygen atoms in total. The summed E-state index contributed by atoms with van der Waals surface area (Å²) in [6, 6.07) is 9.21. The van der Waals surface area contributed by atoms with Gasteiger partial charge in [0.25, 0.3) is 0 Å². The molecule has 0 aliphatic carbocycles. The molecule has 1 heterocycles. The summed E-state index contributed by atoms with van der Waals surface area (Å²) < 4.78 is 5.87. The summed E-state index contributed by atoms with van der Waals surface area (Å²) in [6.07, 6.45) is 3.68. The molecule has 2 N–H and O–H groups in total. The van der Waals surface area contributed by atoms with Crippen molar-refractivity contribution in [3.63, 3.8) is 0 Å². The summed E-state index contributed by atoms with van der Waals surface area (Å²) in [7, 11) is 0. The highest BCUT2D eigenvalue weighted by Gasteiger charge is 2.24. The molecule has 3 heteroatoms. The minimum atomic E-state index is 0.432. The number of benzene rings is 1. The van der Waals surface area contributed by atoms with Crippen molar-refractivity contribution < 1.29 is 4.74 Å². The standard InChI is InChI=1S/C17H28N2O/c1-14-6-3-4-7-17(14)15(2)19-11-8-16(9-12-19)20-13-5-10-18/h3-4,6-7,15-16H,5,8-13,18H2,1-2H3. The van der Waals surface area contributed by atoms with Crippen LogP contribution in [0.4, 0.5) is 0 Å². The normalized spacial score (nSPS) is 19.1. The lowest BCUT2D eigenvalue weighted by Crippen LogP contribution is -2.38. The number of rotatable bonds is 6. The van der Waals surface area contributed by atoms with E-state index < -0.39 is 0 Å². The molecule has 1 fully saturated rings. The van der Waals surface area contributed by atoms with Crippen LogP contribution in [-0.4, -0.2) is 37.2 Å². The summed E-state index contributed by atoms with van der Waals surface area (Å²) in [5, 5.41) is 0. The average Bonchev–Trinajstić information content (AvgIpc) is 2.48. The first-order chi connectivity index (χ1) is 9.72. The molecule has 0 amide bonds. The first-order valence-corrected chi connectivity index (χ1v) is 7.83. The van der Waals surface area contributed by atoms with Crippen LogP contribution in [0.25, 0.3) is 0 Å². The molecule has 1 saturated heterocycles. The Hall–Kier alpha value is -0.900. The van der Waals surface area contributed by atoms with Crippen molar-refractivity contribution in [1.82, 2.24) is 4.90 Å². The van der Waals surface area contributed by atoms with Gasteiger partial charge in [-0.2, -0.15) is 0 Å². The zero-order valence-electron chi connectivity index (χ0n) is 12.8. The van der Waals surface area contributed by atoms with Crippen molar-refractivity contribution >= 4 is 0 Å². The zero-order chi connectivity index (χ0) is 14.4. The van der Waals surface area contributed by atoms with Gasteiger partial charge in [-0.15, -0.1) is 0 Å². The summed E-state index contributed by atoms with van der Waals surface area (Å²) in [6.45, 7) is 8.32. The Balaban J connectivity index is 1.83. The Morgan fingerprint density at radius 3 is 2.65 bits per heavy atom. The second-order valence-corrected chi connectivity index (χ2v) is 5.78. The fraction of sp³-hybridized carbons (Fsp3) is 0.647. The van der Waals surface area contributed by atoms with Crippen molar-refractivity contribution in [1.29, 1.82) is 0 Å². The van der Waals surface area contributed by atoms with Crippen LogP contribution in [0, 0.1) is 6.92 Å². The summed E-state index contributed by atoms with van der Waals surface area (Å²) in [5.41, 5.74) is 8.34. The van der Waals surface area contributed by atoms with Gasteiger partial charge < -0.3 is 10.5 Å². The van der Waals surface area contributed by atoms with Gasteiger partial charge in [0.2, 0.25) is 0 Å². The van der Waals surface area contributed by atoms with Crippen molar-refractivity contribution in [3.05, 3.63) is 35.4 Å². The molecule has 1 atom stereocenters. The first-order valence-electron chi connectivity index (χ1n) is 7.83. The molecule has 0 radical (unpaired) electrons. The third-order valence-electron chi connectivity index (χ3n) is 4.36. The van der Waals surface area contributed by atoms with E-state index in [1.807, 2.05) is 0 Å². The fourth-order valence-corrected chi connectivity index (χ4v) is 3.02. The van der Waals surface area contributed by atoms with E-state index in [9.17, 15) is 0 Å². The molecule has 1 aliphatic heterocycles. The van der Waals surface area contributed by atoms with Gasteiger partial charge in [-0.05, 0) is 50.8 Å². The van der Waals surface area contributed by atoms with Crippen molar-refractivity contribution in [3.8, 4) is 0 Å². The number of hydrogen-bond donors (Lipinski definition) is 1. The lowest BCUT2D eigenvalue weighted by Gasteiger charge is -2.36. The maximum absolute atomic E-state index is 5.87. The van der Waals surface area contributed by atoms with Crippen molar-refractivity contribution in [2.24, 2.45) is 5.73 Å². The molecule has 0 saturated carbocycles. The van der Waals surface area contributed by atoms with E-state index in [0.717, 1.165) is 45.5 Å². The monoisotopic (exact) mass is 276 g/mol. The van der Waals surface area contributed by atoms with E-state index in [2.05, 4.69) is 43.0 Å². The summed E-state index contributed by atoms with van der Waals surface area (Å²) >= 11 is 0. The molecule has 1 aromatic rings. The number of nitrogens with two attached hydrogens (primary N) is 1. The molecule has 1 unspecified atom stereocenters. The van der Waals surface area contributed by atoms with E-state index in [0.29, 0.717) is 12.1 Å². The van der Waals surface area contributed by atoms with E-state index in [1.54, 1.807) is 0 Å². The van der Waals surface area contributed by atoms with Crippen LogP contribution in [0.2, 0.25) is 0 Å². The molecule has 0 aromatic heterocycles. The number of likely N-dealkylation sites (tertiary alicyclic amines) is 1. The Morgan fingerprint density at radius 2 is 2.00 bits per heavy atom.